The monoisotopic (exact) mass is 224 g/mol. The molecule has 1 aliphatic carbocycles. The maximum Gasteiger partial charge on any atom is 0.0104 e. The van der Waals surface area contributed by atoms with Crippen molar-refractivity contribution in [3.05, 3.63) is 0 Å². The van der Waals surface area contributed by atoms with E-state index in [2.05, 4.69) is 31.1 Å². The summed E-state index contributed by atoms with van der Waals surface area (Å²) in [4.78, 5) is 2.71. The van der Waals surface area contributed by atoms with Crippen molar-refractivity contribution >= 4 is 0 Å². The molecule has 1 saturated carbocycles. The van der Waals surface area contributed by atoms with E-state index >= 15 is 0 Å². The molecule has 2 heteroatoms. The summed E-state index contributed by atoms with van der Waals surface area (Å²) in [6.45, 7) is 8.80. The first kappa shape index (κ1) is 12.4. The molecule has 2 fully saturated rings. The summed E-state index contributed by atoms with van der Waals surface area (Å²) < 4.78 is 0. The molecule has 2 aliphatic rings. The van der Waals surface area contributed by atoms with Crippen molar-refractivity contribution < 1.29 is 0 Å². The summed E-state index contributed by atoms with van der Waals surface area (Å²) in [7, 11) is 2.13. The zero-order valence-electron chi connectivity index (χ0n) is 11.3. The SMILES string of the molecule is CNC1CCCC1CN1CCCC(C)(C)C1. The molecule has 0 radical (unpaired) electrons. The molecule has 1 saturated heterocycles. The fourth-order valence-electron chi connectivity index (χ4n) is 3.67. The Morgan fingerprint density at radius 1 is 1.25 bits per heavy atom. The van der Waals surface area contributed by atoms with Crippen molar-refractivity contribution in [2.45, 2.75) is 52.0 Å². The van der Waals surface area contributed by atoms with E-state index in [9.17, 15) is 0 Å². The van der Waals surface area contributed by atoms with Crippen LogP contribution >= 0.6 is 0 Å². The van der Waals surface area contributed by atoms with Gasteiger partial charge in [-0.15, -0.1) is 0 Å². The number of nitrogens with one attached hydrogen (secondary N) is 1. The number of piperidine rings is 1. The van der Waals surface area contributed by atoms with Gasteiger partial charge in [0.05, 0.1) is 0 Å². The lowest BCUT2D eigenvalue weighted by atomic mass is 9.83. The van der Waals surface area contributed by atoms with E-state index in [1.807, 2.05) is 0 Å². The third-order valence-corrected chi connectivity index (χ3v) is 4.50. The molecular weight excluding hydrogens is 196 g/mol. The van der Waals surface area contributed by atoms with Gasteiger partial charge in [-0.25, -0.2) is 0 Å². The maximum atomic E-state index is 3.50. The molecule has 2 atom stereocenters. The van der Waals surface area contributed by atoms with Gasteiger partial charge in [-0.05, 0) is 50.6 Å². The first-order valence-corrected chi connectivity index (χ1v) is 7.00. The minimum Gasteiger partial charge on any atom is -0.317 e. The Labute approximate surface area is 101 Å². The van der Waals surface area contributed by atoms with Crippen molar-refractivity contribution in [2.75, 3.05) is 26.7 Å². The molecular formula is C14H28N2. The van der Waals surface area contributed by atoms with E-state index in [4.69, 9.17) is 0 Å². The van der Waals surface area contributed by atoms with Crippen LogP contribution in [0.3, 0.4) is 0 Å². The first-order chi connectivity index (χ1) is 7.61. The second-order valence-corrected chi connectivity index (χ2v) is 6.59. The lowest BCUT2D eigenvalue weighted by molar-refractivity contribution is 0.0981. The maximum absolute atomic E-state index is 3.50. The summed E-state index contributed by atoms with van der Waals surface area (Å²) in [6, 6.07) is 0.782. The molecule has 2 unspecified atom stereocenters. The number of hydrogen-bond acceptors (Lipinski definition) is 2. The largest absolute Gasteiger partial charge is 0.317 e. The topological polar surface area (TPSA) is 15.3 Å². The van der Waals surface area contributed by atoms with E-state index in [0.717, 1.165) is 12.0 Å². The van der Waals surface area contributed by atoms with Gasteiger partial charge in [0.2, 0.25) is 0 Å². The summed E-state index contributed by atoms with van der Waals surface area (Å²) >= 11 is 0. The van der Waals surface area contributed by atoms with Crippen LogP contribution in [0.25, 0.3) is 0 Å². The van der Waals surface area contributed by atoms with Crippen molar-refractivity contribution in [1.29, 1.82) is 0 Å². The minimum absolute atomic E-state index is 0.548. The molecule has 1 aliphatic heterocycles. The molecule has 1 heterocycles. The van der Waals surface area contributed by atoms with Crippen LogP contribution in [-0.2, 0) is 0 Å². The number of likely N-dealkylation sites (tertiary alicyclic amines) is 1. The molecule has 0 amide bonds. The van der Waals surface area contributed by atoms with Crippen molar-refractivity contribution in [3.8, 4) is 0 Å². The highest BCUT2D eigenvalue weighted by molar-refractivity contribution is 4.87. The third-order valence-electron chi connectivity index (χ3n) is 4.50. The second kappa shape index (κ2) is 5.05. The van der Waals surface area contributed by atoms with Crippen LogP contribution in [0.1, 0.15) is 46.0 Å². The van der Waals surface area contributed by atoms with Crippen molar-refractivity contribution in [2.24, 2.45) is 11.3 Å². The van der Waals surface area contributed by atoms with Gasteiger partial charge in [0, 0.05) is 19.1 Å². The molecule has 0 aromatic carbocycles. The van der Waals surface area contributed by atoms with Crippen molar-refractivity contribution in [1.82, 2.24) is 10.2 Å². The molecule has 1 N–H and O–H groups in total. The quantitative estimate of drug-likeness (QED) is 0.792. The van der Waals surface area contributed by atoms with Crippen molar-refractivity contribution in [3.63, 3.8) is 0 Å². The Balaban J connectivity index is 1.84. The molecule has 0 aromatic rings. The Kier molecular flexibility index (Phi) is 3.91. The van der Waals surface area contributed by atoms with Gasteiger partial charge in [-0.1, -0.05) is 20.3 Å². The number of nitrogens with zero attached hydrogens (tertiary/aromatic N) is 1. The summed E-state index contributed by atoms with van der Waals surface area (Å²) in [5.74, 6) is 0.902. The normalized spacial score (nSPS) is 35.4. The summed E-state index contributed by atoms with van der Waals surface area (Å²) in [6.07, 6.45) is 7.04. The lowest BCUT2D eigenvalue weighted by Gasteiger charge is -2.40. The summed E-state index contributed by atoms with van der Waals surface area (Å²) in [5, 5.41) is 3.50. The van der Waals surface area contributed by atoms with Gasteiger partial charge < -0.3 is 10.2 Å². The van der Waals surface area contributed by atoms with Crippen LogP contribution in [0.4, 0.5) is 0 Å². The highest BCUT2D eigenvalue weighted by Crippen LogP contribution is 2.31. The molecule has 2 nitrogen and oxygen atoms in total. The predicted octanol–water partition coefficient (Wildman–Crippen LogP) is 2.50. The van der Waals surface area contributed by atoms with Crippen LogP contribution in [0, 0.1) is 11.3 Å². The van der Waals surface area contributed by atoms with E-state index in [0.29, 0.717) is 5.41 Å². The zero-order valence-corrected chi connectivity index (χ0v) is 11.3. The van der Waals surface area contributed by atoms with E-state index < -0.39 is 0 Å². The Hall–Kier alpha value is -0.0800. The standard InChI is InChI=1S/C14H28N2/c1-14(2)8-5-9-16(11-14)10-12-6-4-7-13(12)15-3/h12-13,15H,4-11H2,1-3H3. The smallest absolute Gasteiger partial charge is 0.0104 e. The molecule has 16 heavy (non-hydrogen) atoms. The Morgan fingerprint density at radius 3 is 2.75 bits per heavy atom. The van der Waals surface area contributed by atoms with Gasteiger partial charge >= 0.3 is 0 Å². The van der Waals surface area contributed by atoms with Gasteiger partial charge in [-0.2, -0.15) is 0 Å². The zero-order chi connectivity index (χ0) is 11.6. The minimum atomic E-state index is 0.548. The van der Waals surface area contributed by atoms with Gasteiger partial charge in [-0.3, -0.25) is 0 Å². The van der Waals surface area contributed by atoms with Crippen LogP contribution in [-0.4, -0.2) is 37.6 Å². The van der Waals surface area contributed by atoms with E-state index in [1.54, 1.807) is 0 Å². The molecule has 2 rings (SSSR count). The highest BCUT2D eigenvalue weighted by atomic mass is 15.1. The Bertz CT molecular complexity index is 225. The van der Waals surface area contributed by atoms with E-state index in [-0.39, 0.29) is 0 Å². The van der Waals surface area contributed by atoms with Crippen LogP contribution < -0.4 is 5.32 Å². The highest BCUT2D eigenvalue weighted by Gasteiger charge is 2.31. The van der Waals surface area contributed by atoms with Gasteiger partial charge in [0.1, 0.15) is 0 Å². The number of rotatable bonds is 3. The first-order valence-electron chi connectivity index (χ1n) is 7.00. The van der Waals surface area contributed by atoms with Gasteiger partial charge in [0.15, 0.2) is 0 Å². The Morgan fingerprint density at radius 2 is 2.06 bits per heavy atom. The lowest BCUT2D eigenvalue weighted by Crippen LogP contribution is -2.45. The van der Waals surface area contributed by atoms with E-state index in [1.165, 1.54) is 51.7 Å². The molecule has 94 valence electrons. The number of hydrogen-bond donors (Lipinski definition) is 1. The molecule has 0 spiro atoms. The average Bonchev–Trinajstić information content (AvgIpc) is 2.63. The van der Waals surface area contributed by atoms with Crippen LogP contribution in [0.15, 0.2) is 0 Å². The predicted molar refractivity (Wildman–Crippen MR) is 69.6 cm³/mol. The summed E-state index contributed by atoms with van der Waals surface area (Å²) in [5.41, 5.74) is 0.548. The fourth-order valence-corrected chi connectivity index (χ4v) is 3.67. The molecule has 0 aromatic heterocycles. The third kappa shape index (κ3) is 2.98. The van der Waals surface area contributed by atoms with Crippen LogP contribution in [0.5, 0.6) is 0 Å². The molecule has 0 bridgehead atoms. The average molecular weight is 224 g/mol. The second-order valence-electron chi connectivity index (χ2n) is 6.59. The van der Waals surface area contributed by atoms with Crippen LogP contribution in [0.2, 0.25) is 0 Å². The van der Waals surface area contributed by atoms with Gasteiger partial charge in [0.25, 0.3) is 0 Å². The fraction of sp³-hybridized carbons (Fsp3) is 1.00.